The minimum absolute atomic E-state index is 0.0120. The van der Waals surface area contributed by atoms with E-state index >= 15 is 0 Å². The highest BCUT2D eigenvalue weighted by molar-refractivity contribution is 8.15. The van der Waals surface area contributed by atoms with Crippen molar-refractivity contribution < 1.29 is 14.3 Å². The van der Waals surface area contributed by atoms with Crippen molar-refractivity contribution in [3.63, 3.8) is 0 Å². The summed E-state index contributed by atoms with van der Waals surface area (Å²) in [5, 5.41) is 3.13. The van der Waals surface area contributed by atoms with E-state index in [0.29, 0.717) is 11.4 Å². The molecule has 0 bridgehead atoms. The van der Waals surface area contributed by atoms with Crippen LogP contribution in [0, 0.1) is 13.8 Å². The maximum absolute atomic E-state index is 13.4. The average molecular weight is 452 g/mol. The van der Waals surface area contributed by atoms with Crippen molar-refractivity contribution in [1.29, 1.82) is 0 Å². The zero-order valence-electron chi connectivity index (χ0n) is 18.8. The summed E-state index contributed by atoms with van der Waals surface area (Å²) in [6, 6.07) is 13.5. The van der Waals surface area contributed by atoms with Crippen molar-refractivity contribution in [1.82, 2.24) is 4.90 Å². The molecular weight excluding hydrogens is 422 g/mol. The van der Waals surface area contributed by atoms with Gasteiger partial charge in [0.15, 0.2) is 5.17 Å². The number of carbonyl (C=O) groups excluding carboxylic acids is 2. The zero-order valence-corrected chi connectivity index (χ0v) is 19.6. The fraction of sp³-hybridized carbons (Fsp3) is 0.400. The fourth-order valence-corrected chi connectivity index (χ4v) is 5.59. The summed E-state index contributed by atoms with van der Waals surface area (Å²) in [7, 11) is 1.57. The molecule has 1 saturated heterocycles. The number of aliphatic imine (C=N–C) groups is 1. The summed E-state index contributed by atoms with van der Waals surface area (Å²) < 4.78 is 5.31. The van der Waals surface area contributed by atoms with Crippen LogP contribution < -0.4 is 10.1 Å². The van der Waals surface area contributed by atoms with E-state index in [1.54, 1.807) is 19.2 Å². The number of ether oxygens (including phenoxy) is 1. The van der Waals surface area contributed by atoms with Crippen LogP contribution in [0.1, 0.15) is 43.2 Å². The van der Waals surface area contributed by atoms with Gasteiger partial charge in [-0.2, -0.15) is 0 Å². The second kappa shape index (κ2) is 9.77. The summed E-state index contributed by atoms with van der Waals surface area (Å²) in [6.07, 6.45) is 4.30. The number of nitrogens with zero attached hydrogens (tertiary/aromatic N) is 2. The lowest BCUT2D eigenvalue weighted by atomic mass is 10.1. The molecule has 2 amide bonds. The summed E-state index contributed by atoms with van der Waals surface area (Å²) in [6.45, 7) is 4.07. The lowest BCUT2D eigenvalue weighted by Crippen LogP contribution is -2.40. The molecule has 2 aromatic carbocycles. The normalized spacial score (nSPS) is 20.2. The molecule has 1 aliphatic carbocycles. The van der Waals surface area contributed by atoms with Crippen LogP contribution in [-0.4, -0.2) is 40.3 Å². The Bertz CT molecular complexity index is 1030. The Hall–Kier alpha value is -2.80. The standard InChI is InChI=1S/C25H29N3O3S/c1-16-9-8-10-17(2)23(16)27-25-28(18-11-4-5-12-18)24(30)21(32-25)15-22(29)26-19-13-6-7-14-20(19)31-3/h6-10,13-14,18,21H,4-5,11-12,15H2,1-3H3,(H,26,29). The van der Waals surface area contributed by atoms with E-state index in [2.05, 4.69) is 5.32 Å². The maximum Gasteiger partial charge on any atom is 0.242 e. The first-order valence-electron chi connectivity index (χ1n) is 11.1. The number of nitrogens with one attached hydrogen (secondary N) is 1. The SMILES string of the molecule is COc1ccccc1NC(=O)CC1SC(=Nc2c(C)cccc2C)N(C2CCCC2)C1=O. The molecule has 168 valence electrons. The molecule has 7 heteroatoms. The Morgan fingerprint density at radius 3 is 2.50 bits per heavy atom. The van der Waals surface area contributed by atoms with E-state index < -0.39 is 5.25 Å². The molecule has 0 radical (unpaired) electrons. The first-order chi connectivity index (χ1) is 15.5. The number of para-hydroxylation sites is 3. The van der Waals surface area contributed by atoms with Gasteiger partial charge in [-0.15, -0.1) is 0 Å². The Morgan fingerprint density at radius 2 is 1.81 bits per heavy atom. The van der Waals surface area contributed by atoms with E-state index in [1.165, 1.54) is 11.8 Å². The third-order valence-corrected chi connectivity index (χ3v) is 7.21. The summed E-state index contributed by atoms with van der Waals surface area (Å²) in [5.41, 5.74) is 3.67. The largest absolute Gasteiger partial charge is 0.495 e. The van der Waals surface area contributed by atoms with Crippen LogP contribution in [0.2, 0.25) is 0 Å². The minimum Gasteiger partial charge on any atom is -0.495 e. The first-order valence-corrected chi connectivity index (χ1v) is 11.9. The summed E-state index contributed by atoms with van der Waals surface area (Å²) in [4.78, 5) is 33.0. The van der Waals surface area contributed by atoms with E-state index in [-0.39, 0.29) is 24.3 Å². The molecule has 1 atom stereocenters. The Kier molecular flexibility index (Phi) is 6.84. The van der Waals surface area contributed by atoms with Gasteiger partial charge in [0, 0.05) is 12.5 Å². The van der Waals surface area contributed by atoms with Crippen LogP contribution in [0.3, 0.4) is 0 Å². The number of rotatable bonds is 6. The molecule has 0 aromatic heterocycles. The number of carbonyl (C=O) groups is 2. The zero-order chi connectivity index (χ0) is 22.7. The lowest BCUT2D eigenvalue weighted by molar-refractivity contribution is -0.129. The fourth-order valence-electron chi connectivity index (χ4n) is 4.39. The van der Waals surface area contributed by atoms with Crippen LogP contribution in [-0.2, 0) is 9.59 Å². The van der Waals surface area contributed by atoms with Crippen LogP contribution in [0.4, 0.5) is 11.4 Å². The topological polar surface area (TPSA) is 71.0 Å². The lowest BCUT2D eigenvalue weighted by Gasteiger charge is -2.24. The molecule has 1 heterocycles. The van der Waals surface area contributed by atoms with Gasteiger partial charge in [-0.1, -0.05) is 54.9 Å². The van der Waals surface area contributed by atoms with Gasteiger partial charge in [0.05, 0.1) is 18.5 Å². The summed E-state index contributed by atoms with van der Waals surface area (Å²) in [5.74, 6) is 0.373. The highest BCUT2D eigenvalue weighted by Crippen LogP contribution is 2.38. The molecule has 1 unspecified atom stereocenters. The van der Waals surface area contributed by atoms with Gasteiger partial charge in [0.25, 0.3) is 0 Å². The molecule has 1 N–H and O–H groups in total. The first kappa shape index (κ1) is 22.4. The number of amidine groups is 1. The van der Waals surface area contributed by atoms with E-state index in [9.17, 15) is 9.59 Å². The van der Waals surface area contributed by atoms with Gasteiger partial charge in [0.1, 0.15) is 11.0 Å². The predicted molar refractivity (Wildman–Crippen MR) is 130 cm³/mol. The van der Waals surface area contributed by atoms with Gasteiger partial charge in [-0.3, -0.25) is 14.5 Å². The summed E-state index contributed by atoms with van der Waals surface area (Å²) >= 11 is 1.41. The number of aryl methyl sites for hydroxylation is 2. The minimum atomic E-state index is -0.478. The molecule has 4 rings (SSSR count). The molecule has 32 heavy (non-hydrogen) atoms. The molecule has 1 saturated carbocycles. The smallest absolute Gasteiger partial charge is 0.242 e. The van der Waals surface area contributed by atoms with Crippen molar-refractivity contribution in [2.24, 2.45) is 4.99 Å². The van der Waals surface area contributed by atoms with E-state index in [4.69, 9.17) is 9.73 Å². The molecule has 2 aromatic rings. The van der Waals surface area contributed by atoms with Crippen molar-refractivity contribution in [2.45, 2.75) is 57.2 Å². The molecule has 6 nitrogen and oxygen atoms in total. The highest BCUT2D eigenvalue weighted by Gasteiger charge is 2.43. The van der Waals surface area contributed by atoms with Crippen LogP contribution in [0.25, 0.3) is 0 Å². The quantitative estimate of drug-likeness (QED) is 0.654. The number of thioether (sulfide) groups is 1. The molecule has 0 spiro atoms. The Morgan fingerprint density at radius 1 is 1.12 bits per heavy atom. The number of hydrogen-bond donors (Lipinski definition) is 1. The van der Waals surface area contributed by atoms with Gasteiger partial charge in [-0.25, -0.2) is 4.99 Å². The average Bonchev–Trinajstić information content (AvgIpc) is 3.39. The number of hydrogen-bond acceptors (Lipinski definition) is 5. The third kappa shape index (κ3) is 4.67. The van der Waals surface area contributed by atoms with E-state index in [1.807, 2.05) is 49.1 Å². The maximum atomic E-state index is 13.4. The number of benzene rings is 2. The van der Waals surface area contributed by atoms with Crippen molar-refractivity contribution in [2.75, 3.05) is 12.4 Å². The number of anilines is 1. The van der Waals surface area contributed by atoms with Crippen molar-refractivity contribution >= 4 is 40.1 Å². The molecule has 2 fully saturated rings. The van der Waals surface area contributed by atoms with Crippen molar-refractivity contribution in [3.8, 4) is 5.75 Å². The Labute approximate surface area is 193 Å². The molecule has 1 aliphatic heterocycles. The monoisotopic (exact) mass is 451 g/mol. The number of methoxy groups -OCH3 is 1. The molecule has 2 aliphatic rings. The van der Waals surface area contributed by atoms with Gasteiger partial charge in [0.2, 0.25) is 11.8 Å². The third-order valence-electron chi connectivity index (χ3n) is 6.06. The van der Waals surface area contributed by atoms with Gasteiger partial charge in [-0.05, 0) is 49.9 Å². The Balaban J connectivity index is 1.57. The van der Waals surface area contributed by atoms with E-state index in [0.717, 1.165) is 47.7 Å². The van der Waals surface area contributed by atoms with Gasteiger partial charge >= 0.3 is 0 Å². The van der Waals surface area contributed by atoms with Gasteiger partial charge < -0.3 is 10.1 Å². The number of amides is 2. The van der Waals surface area contributed by atoms with Crippen LogP contribution >= 0.6 is 11.8 Å². The van der Waals surface area contributed by atoms with Crippen molar-refractivity contribution in [3.05, 3.63) is 53.6 Å². The molecular formula is C25H29N3O3S. The predicted octanol–water partition coefficient (Wildman–Crippen LogP) is 5.21. The van der Waals surface area contributed by atoms with Crippen LogP contribution in [0.15, 0.2) is 47.5 Å². The highest BCUT2D eigenvalue weighted by atomic mass is 32.2. The second-order valence-corrected chi connectivity index (χ2v) is 9.51. The second-order valence-electron chi connectivity index (χ2n) is 8.34. The van der Waals surface area contributed by atoms with Crippen LogP contribution in [0.5, 0.6) is 5.75 Å².